The molecule has 0 atom stereocenters. The van der Waals surface area contributed by atoms with Gasteiger partial charge in [-0.3, -0.25) is 14.7 Å². The molecule has 0 amide bonds. The van der Waals surface area contributed by atoms with Crippen LogP contribution in [0.4, 0.5) is 11.4 Å². The van der Waals surface area contributed by atoms with Gasteiger partial charge in [0.05, 0.1) is 18.5 Å². The highest BCUT2D eigenvalue weighted by atomic mass is 79.9. The predicted octanol–water partition coefficient (Wildman–Crippen LogP) is 4.36. The van der Waals surface area contributed by atoms with Crippen LogP contribution in [0.5, 0.6) is 5.75 Å². The number of nitrogens with one attached hydrogen (secondary N) is 1. The van der Waals surface area contributed by atoms with E-state index in [1.54, 1.807) is 50.4 Å². The van der Waals surface area contributed by atoms with Crippen molar-refractivity contribution in [2.24, 2.45) is 10.2 Å². The molecule has 7 nitrogen and oxygen atoms in total. The quantitative estimate of drug-likeness (QED) is 0.643. The van der Waals surface area contributed by atoms with Gasteiger partial charge in [-0.15, -0.1) is 5.11 Å². The number of methoxy groups -OCH3 is 1. The first-order valence-corrected chi connectivity index (χ1v) is 8.46. The number of aromatic nitrogens is 2. The minimum Gasteiger partial charge on any atom is -0.497 e. The third-order valence-corrected chi connectivity index (χ3v) is 4.20. The van der Waals surface area contributed by atoms with Crippen LogP contribution in [-0.2, 0) is 0 Å². The summed E-state index contributed by atoms with van der Waals surface area (Å²) in [6.45, 7) is 1.66. The Kier molecular flexibility index (Phi) is 5.13. The molecule has 0 aliphatic heterocycles. The Balaban J connectivity index is 1.90. The van der Waals surface area contributed by atoms with Crippen molar-refractivity contribution in [1.82, 2.24) is 9.78 Å². The predicted molar refractivity (Wildman–Crippen MR) is 101 cm³/mol. The van der Waals surface area contributed by atoms with Crippen LogP contribution in [-0.4, -0.2) is 22.8 Å². The van der Waals surface area contributed by atoms with Crippen LogP contribution < -0.4 is 10.3 Å². The summed E-state index contributed by atoms with van der Waals surface area (Å²) in [5, 5.41) is 10.8. The van der Waals surface area contributed by atoms with E-state index in [0.717, 1.165) is 9.15 Å². The highest BCUT2D eigenvalue weighted by Gasteiger charge is 2.17. The van der Waals surface area contributed by atoms with Gasteiger partial charge in [0.2, 0.25) is 0 Å². The Morgan fingerprint density at radius 1 is 1.08 bits per heavy atom. The van der Waals surface area contributed by atoms with Gasteiger partial charge in [-0.05, 0) is 55.5 Å². The Morgan fingerprint density at radius 2 is 1.73 bits per heavy atom. The largest absolute Gasteiger partial charge is 0.497 e. The fraction of sp³-hybridized carbons (Fsp3) is 0.111. The molecule has 1 aromatic heterocycles. The minimum atomic E-state index is -0.552. The van der Waals surface area contributed by atoms with Crippen LogP contribution in [0.3, 0.4) is 0 Å². The second-order valence-corrected chi connectivity index (χ2v) is 6.35. The van der Waals surface area contributed by atoms with Crippen molar-refractivity contribution in [3.63, 3.8) is 0 Å². The molecule has 0 radical (unpaired) electrons. The first kappa shape index (κ1) is 17.8. The van der Waals surface area contributed by atoms with Gasteiger partial charge in [0.1, 0.15) is 5.75 Å². The third kappa shape index (κ3) is 3.65. The molecule has 0 fully saturated rings. The molecule has 0 aliphatic rings. The summed E-state index contributed by atoms with van der Waals surface area (Å²) < 4.78 is 6.91. The maximum atomic E-state index is 12.6. The number of ether oxygens (including phenoxy) is 1. The normalized spacial score (nSPS) is 11.0. The van der Waals surface area contributed by atoms with Crippen molar-refractivity contribution in [2.75, 3.05) is 7.11 Å². The number of aromatic amines is 1. The van der Waals surface area contributed by atoms with Crippen LogP contribution in [0.25, 0.3) is 0 Å². The summed E-state index contributed by atoms with van der Waals surface area (Å²) in [4.78, 5) is 25.1. The molecule has 0 bridgehead atoms. The lowest BCUT2D eigenvalue weighted by Crippen LogP contribution is -2.25. The first-order chi connectivity index (χ1) is 12.5. The molecule has 2 aromatic carbocycles. The van der Waals surface area contributed by atoms with Gasteiger partial charge in [-0.25, -0.2) is 0 Å². The van der Waals surface area contributed by atoms with E-state index in [1.165, 1.54) is 0 Å². The number of hydrogen-bond donors (Lipinski definition) is 1. The van der Waals surface area contributed by atoms with E-state index in [4.69, 9.17) is 4.74 Å². The molecule has 3 rings (SSSR count). The van der Waals surface area contributed by atoms with E-state index >= 15 is 0 Å². The van der Waals surface area contributed by atoms with Crippen LogP contribution in [0, 0.1) is 6.92 Å². The molecule has 1 heterocycles. The second-order valence-electron chi connectivity index (χ2n) is 5.44. The van der Waals surface area contributed by atoms with Gasteiger partial charge in [-0.1, -0.05) is 15.9 Å². The summed E-state index contributed by atoms with van der Waals surface area (Å²) >= 11 is 3.34. The average molecular weight is 415 g/mol. The number of carbonyl (C=O) groups is 1. The molecule has 0 spiro atoms. The zero-order valence-corrected chi connectivity index (χ0v) is 15.6. The van der Waals surface area contributed by atoms with Gasteiger partial charge in [0.25, 0.3) is 5.91 Å². The zero-order valence-electron chi connectivity index (χ0n) is 14.1. The van der Waals surface area contributed by atoms with Gasteiger partial charge < -0.3 is 4.74 Å². The SMILES string of the molecule is COc1ccc(C(=O)n2[nH]c(C)c(N=Nc3ccc(Br)cc3)c2=O)cc1. The van der Waals surface area contributed by atoms with E-state index < -0.39 is 11.5 Å². The molecule has 8 heteroatoms. The molecule has 0 saturated carbocycles. The average Bonchev–Trinajstić information content (AvgIpc) is 2.95. The van der Waals surface area contributed by atoms with E-state index in [0.29, 0.717) is 22.7 Å². The summed E-state index contributed by atoms with van der Waals surface area (Å²) in [5.74, 6) is 0.145. The second kappa shape index (κ2) is 7.49. The van der Waals surface area contributed by atoms with E-state index in [9.17, 15) is 9.59 Å². The lowest BCUT2D eigenvalue weighted by atomic mass is 10.2. The number of rotatable bonds is 4. The Labute approximate surface area is 157 Å². The lowest BCUT2D eigenvalue weighted by Gasteiger charge is -2.02. The zero-order chi connectivity index (χ0) is 18.7. The van der Waals surface area contributed by atoms with Crippen molar-refractivity contribution in [3.05, 3.63) is 74.6 Å². The van der Waals surface area contributed by atoms with Crippen LogP contribution >= 0.6 is 15.9 Å². The maximum absolute atomic E-state index is 12.6. The smallest absolute Gasteiger partial charge is 0.302 e. The van der Waals surface area contributed by atoms with E-state index in [-0.39, 0.29) is 5.69 Å². The molecule has 3 aromatic rings. The Bertz CT molecular complexity index is 1020. The fourth-order valence-corrected chi connectivity index (χ4v) is 2.54. The number of azo groups is 1. The topological polar surface area (TPSA) is 88.8 Å². The molecular weight excluding hydrogens is 400 g/mol. The number of nitrogens with zero attached hydrogens (tertiary/aromatic N) is 3. The number of halogens is 1. The molecule has 1 N–H and O–H groups in total. The molecule has 0 saturated heterocycles. The number of hydrogen-bond acceptors (Lipinski definition) is 5. The highest BCUT2D eigenvalue weighted by molar-refractivity contribution is 9.10. The van der Waals surface area contributed by atoms with Crippen molar-refractivity contribution < 1.29 is 9.53 Å². The van der Waals surface area contributed by atoms with Crippen LogP contribution in [0.15, 0.2) is 68.0 Å². The number of carbonyl (C=O) groups excluding carboxylic acids is 1. The Hall–Kier alpha value is -3.00. The van der Waals surface area contributed by atoms with E-state index in [1.807, 2.05) is 12.1 Å². The van der Waals surface area contributed by atoms with Crippen molar-refractivity contribution in [3.8, 4) is 5.75 Å². The summed E-state index contributed by atoms with van der Waals surface area (Å²) in [7, 11) is 1.54. The third-order valence-electron chi connectivity index (χ3n) is 3.67. The summed E-state index contributed by atoms with van der Waals surface area (Å²) in [6.07, 6.45) is 0. The van der Waals surface area contributed by atoms with Crippen LogP contribution in [0.1, 0.15) is 16.1 Å². The molecule has 0 aliphatic carbocycles. The van der Waals surface area contributed by atoms with Crippen molar-refractivity contribution >= 4 is 33.2 Å². The number of aryl methyl sites for hydroxylation is 1. The minimum absolute atomic E-state index is 0.0924. The van der Waals surface area contributed by atoms with Crippen LogP contribution in [0.2, 0.25) is 0 Å². The van der Waals surface area contributed by atoms with Gasteiger partial charge in [0, 0.05) is 10.0 Å². The Morgan fingerprint density at radius 3 is 2.35 bits per heavy atom. The lowest BCUT2D eigenvalue weighted by molar-refractivity contribution is 0.0941. The molecule has 0 unspecified atom stereocenters. The summed E-state index contributed by atoms with van der Waals surface area (Å²) in [6, 6.07) is 13.7. The van der Waals surface area contributed by atoms with Crippen molar-refractivity contribution in [1.29, 1.82) is 0 Å². The van der Waals surface area contributed by atoms with Gasteiger partial charge in [-0.2, -0.15) is 9.80 Å². The fourth-order valence-electron chi connectivity index (χ4n) is 2.28. The van der Waals surface area contributed by atoms with Gasteiger partial charge >= 0.3 is 5.56 Å². The monoisotopic (exact) mass is 414 g/mol. The molecule has 132 valence electrons. The standard InChI is InChI=1S/C18H15BrN4O3/c1-11-16(21-20-14-7-5-13(19)6-8-14)18(25)23(22-11)17(24)12-3-9-15(26-2)10-4-12/h3-10,22H,1-2H3. The van der Waals surface area contributed by atoms with Crippen molar-refractivity contribution in [2.45, 2.75) is 6.92 Å². The molecular formula is C18H15BrN4O3. The maximum Gasteiger partial charge on any atom is 0.302 e. The van der Waals surface area contributed by atoms with E-state index in [2.05, 4.69) is 31.3 Å². The summed E-state index contributed by atoms with van der Waals surface area (Å²) in [5.41, 5.74) is 0.948. The molecule has 26 heavy (non-hydrogen) atoms. The number of benzene rings is 2. The van der Waals surface area contributed by atoms with Gasteiger partial charge in [0.15, 0.2) is 5.69 Å². The number of H-pyrrole nitrogens is 1. The highest BCUT2D eigenvalue weighted by Crippen LogP contribution is 2.20. The first-order valence-electron chi connectivity index (χ1n) is 7.67.